The van der Waals surface area contributed by atoms with E-state index in [1.165, 1.54) is 0 Å². The zero-order chi connectivity index (χ0) is 27.2. The predicted octanol–water partition coefficient (Wildman–Crippen LogP) is 4.97. The second kappa shape index (κ2) is 12.3. The van der Waals surface area contributed by atoms with Crippen LogP contribution in [0.1, 0.15) is 44.0 Å². The summed E-state index contributed by atoms with van der Waals surface area (Å²) in [7, 11) is 0. The third-order valence-electron chi connectivity index (χ3n) is 6.84. The Balaban J connectivity index is 1.47. The van der Waals surface area contributed by atoms with Gasteiger partial charge in [0.15, 0.2) is 0 Å². The Labute approximate surface area is 223 Å². The Kier molecular flexibility index (Phi) is 8.83. The van der Waals surface area contributed by atoms with Crippen LogP contribution in [0.5, 0.6) is 5.75 Å². The van der Waals surface area contributed by atoms with Crippen LogP contribution in [0.25, 0.3) is 22.8 Å². The van der Waals surface area contributed by atoms with Gasteiger partial charge in [0.05, 0.1) is 0 Å². The van der Waals surface area contributed by atoms with Crippen LogP contribution in [-0.4, -0.2) is 76.7 Å². The third-order valence-corrected chi connectivity index (χ3v) is 6.84. The highest BCUT2D eigenvalue weighted by Crippen LogP contribution is 2.32. The van der Waals surface area contributed by atoms with Crippen molar-refractivity contribution in [2.24, 2.45) is 0 Å². The van der Waals surface area contributed by atoms with E-state index in [0.29, 0.717) is 37.8 Å². The predicted molar refractivity (Wildman–Crippen MR) is 145 cm³/mol. The highest BCUT2D eigenvalue weighted by molar-refractivity contribution is 5.65. The van der Waals surface area contributed by atoms with E-state index < -0.39 is 6.16 Å². The number of benzene rings is 1. The molecule has 0 saturated carbocycles. The van der Waals surface area contributed by atoms with E-state index in [1.807, 2.05) is 32.0 Å². The summed E-state index contributed by atoms with van der Waals surface area (Å²) in [5.41, 5.74) is 4.70. The number of rotatable bonds is 11. The lowest BCUT2D eigenvalue weighted by Crippen LogP contribution is -2.28. The zero-order valence-corrected chi connectivity index (χ0v) is 22.9. The number of pyridine rings is 1. The highest BCUT2D eigenvalue weighted by Gasteiger charge is 2.25. The number of aromatic nitrogens is 3. The number of carboxylic acid groups (broad SMARTS) is 1. The van der Waals surface area contributed by atoms with Gasteiger partial charge in [0.25, 0.3) is 5.89 Å². The molecule has 1 saturated heterocycles. The monoisotopic (exact) mass is 523 g/mol. The number of ether oxygens (including phenoxy) is 2. The van der Waals surface area contributed by atoms with Crippen LogP contribution in [0, 0.1) is 13.8 Å². The summed E-state index contributed by atoms with van der Waals surface area (Å²) in [6, 6.07) is 8.03. The van der Waals surface area contributed by atoms with Crippen molar-refractivity contribution in [2.45, 2.75) is 53.6 Å². The molecular weight excluding hydrogens is 486 g/mol. The lowest BCUT2D eigenvalue weighted by atomic mass is 10.0. The van der Waals surface area contributed by atoms with E-state index in [4.69, 9.17) is 24.1 Å². The van der Waals surface area contributed by atoms with Gasteiger partial charge in [-0.25, -0.2) is 9.78 Å². The smallest absolute Gasteiger partial charge is 0.492 e. The molecule has 1 aliphatic heterocycles. The number of anilines is 1. The minimum absolute atomic E-state index is 0.264. The van der Waals surface area contributed by atoms with Crippen LogP contribution >= 0.6 is 0 Å². The van der Waals surface area contributed by atoms with Gasteiger partial charge in [0, 0.05) is 49.5 Å². The number of aryl methyl sites for hydroxylation is 3. The fraction of sp³-hybridized carbons (Fsp3) is 0.500. The molecule has 0 bridgehead atoms. The van der Waals surface area contributed by atoms with E-state index >= 15 is 0 Å². The quantitative estimate of drug-likeness (QED) is 0.345. The van der Waals surface area contributed by atoms with Crippen molar-refractivity contribution in [1.29, 1.82) is 0 Å². The molecule has 0 aliphatic carbocycles. The van der Waals surface area contributed by atoms with Crippen LogP contribution in [-0.2, 0) is 11.2 Å². The second-order valence-corrected chi connectivity index (χ2v) is 9.53. The normalized spacial score (nSPS) is 15.6. The maximum Gasteiger partial charge on any atom is 0.506 e. The Hall–Kier alpha value is -3.66. The number of carbonyl (C=O) groups is 1. The minimum Gasteiger partial charge on any atom is -0.492 e. The third kappa shape index (κ3) is 6.42. The molecule has 10 heteroatoms. The van der Waals surface area contributed by atoms with Gasteiger partial charge in [-0.1, -0.05) is 12.1 Å². The molecule has 3 aromatic rings. The Morgan fingerprint density at radius 3 is 2.63 bits per heavy atom. The first-order chi connectivity index (χ1) is 18.3. The number of nitrogens with zero attached hydrogens (tertiary/aromatic N) is 5. The molecule has 0 unspecified atom stereocenters. The Morgan fingerprint density at radius 2 is 1.92 bits per heavy atom. The summed E-state index contributed by atoms with van der Waals surface area (Å²) in [6.07, 6.45) is 0.0248. The summed E-state index contributed by atoms with van der Waals surface area (Å²) in [4.78, 5) is 24.5. The van der Waals surface area contributed by atoms with Crippen molar-refractivity contribution in [1.82, 2.24) is 20.0 Å². The molecule has 204 valence electrons. The van der Waals surface area contributed by atoms with Gasteiger partial charge < -0.3 is 24.0 Å². The van der Waals surface area contributed by atoms with Crippen LogP contribution in [0.15, 0.2) is 28.8 Å². The highest BCUT2D eigenvalue weighted by atomic mass is 16.7. The number of hydrogen-bond donors (Lipinski definition) is 1. The molecule has 10 nitrogen and oxygen atoms in total. The Bertz CT molecular complexity index is 1260. The second-order valence-electron chi connectivity index (χ2n) is 9.53. The van der Waals surface area contributed by atoms with Crippen molar-refractivity contribution in [2.75, 3.05) is 44.2 Å². The molecule has 3 heterocycles. The molecule has 1 N–H and O–H groups in total. The van der Waals surface area contributed by atoms with Crippen molar-refractivity contribution in [3.63, 3.8) is 0 Å². The van der Waals surface area contributed by atoms with Crippen LogP contribution in [0.2, 0.25) is 0 Å². The van der Waals surface area contributed by atoms with Gasteiger partial charge in [0.2, 0.25) is 5.82 Å². The van der Waals surface area contributed by atoms with Gasteiger partial charge >= 0.3 is 6.16 Å². The Morgan fingerprint density at radius 1 is 1.13 bits per heavy atom. The first-order valence-corrected chi connectivity index (χ1v) is 13.3. The van der Waals surface area contributed by atoms with E-state index in [-0.39, 0.29) is 6.10 Å². The van der Waals surface area contributed by atoms with Gasteiger partial charge in [-0.3, -0.25) is 4.90 Å². The molecule has 0 amide bonds. The van der Waals surface area contributed by atoms with Crippen molar-refractivity contribution < 1.29 is 23.9 Å². The fourth-order valence-corrected chi connectivity index (χ4v) is 4.90. The molecule has 38 heavy (non-hydrogen) atoms. The van der Waals surface area contributed by atoms with Crippen LogP contribution < -0.4 is 9.64 Å². The van der Waals surface area contributed by atoms with Gasteiger partial charge in [-0.15, -0.1) is 0 Å². The summed E-state index contributed by atoms with van der Waals surface area (Å²) in [6.45, 7) is 14.7. The topological polar surface area (TPSA) is 114 Å². The van der Waals surface area contributed by atoms with Crippen molar-refractivity contribution >= 4 is 12.0 Å². The largest absolute Gasteiger partial charge is 0.506 e. The number of likely N-dealkylation sites (tertiary alicyclic amines) is 1. The molecule has 0 radical (unpaired) electrons. The van der Waals surface area contributed by atoms with E-state index in [9.17, 15) is 4.79 Å². The molecule has 1 fully saturated rings. The average Bonchev–Trinajstić information content (AvgIpc) is 3.55. The molecule has 1 aliphatic rings. The minimum atomic E-state index is -1.22. The molecule has 1 atom stereocenters. The zero-order valence-electron chi connectivity index (χ0n) is 22.9. The average molecular weight is 524 g/mol. The number of hydrogen-bond acceptors (Lipinski definition) is 9. The van der Waals surface area contributed by atoms with Gasteiger partial charge in [-0.05, 0) is 75.9 Å². The standard InChI is InChI=1S/C28H37N5O5/c1-6-20-15-21(13-18(4)25(20)36-12-11-32-10-9-23(17-32)37-28(34)35)26-30-27(38-31-26)22-14-19(5)29-24(16-22)33(7-2)8-3/h13-16,23H,6-12,17H2,1-5H3,(H,34,35)/t23-/m0/s1. The van der Waals surface area contributed by atoms with Gasteiger partial charge in [0.1, 0.15) is 24.3 Å². The maximum absolute atomic E-state index is 10.8. The first-order valence-electron chi connectivity index (χ1n) is 13.3. The summed E-state index contributed by atoms with van der Waals surface area (Å²) in [5, 5.41) is 13.1. The summed E-state index contributed by atoms with van der Waals surface area (Å²) < 4.78 is 16.8. The van der Waals surface area contributed by atoms with E-state index in [1.54, 1.807) is 0 Å². The van der Waals surface area contributed by atoms with Crippen molar-refractivity contribution in [3.8, 4) is 28.6 Å². The van der Waals surface area contributed by atoms with Crippen molar-refractivity contribution in [3.05, 3.63) is 41.1 Å². The summed E-state index contributed by atoms with van der Waals surface area (Å²) >= 11 is 0. The lowest BCUT2D eigenvalue weighted by Gasteiger charge is -2.20. The molecular formula is C28H37N5O5. The molecule has 4 rings (SSSR count). The van der Waals surface area contributed by atoms with Crippen LogP contribution in [0.3, 0.4) is 0 Å². The fourth-order valence-electron chi connectivity index (χ4n) is 4.90. The lowest BCUT2D eigenvalue weighted by molar-refractivity contribution is 0.0545. The van der Waals surface area contributed by atoms with E-state index in [0.717, 1.165) is 65.6 Å². The van der Waals surface area contributed by atoms with Crippen LogP contribution in [0.4, 0.5) is 10.6 Å². The maximum atomic E-state index is 10.8. The summed E-state index contributed by atoms with van der Waals surface area (Å²) in [5.74, 6) is 2.76. The molecule has 0 spiro atoms. The first kappa shape index (κ1) is 27.4. The molecule has 2 aromatic heterocycles. The van der Waals surface area contributed by atoms with Gasteiger partial charge in [-0.2, -0.15) is 4.98 Å². The van der Waals surface area contributed by atoms with E-state index in [2.05, 4.69) is 46.8 Å². The molecule has 1 aromatic carbocycles. The SMILES string of the molecule is CCc1cc(-c2noc(-c3cc(C)nc(N(CC)CC)c3)n2)cc(C)c1OCCN1CC[C@H](OC(=O)O)C1.